The van der Waals surface area contributed by atoms with E-state index in [0.29, 0.717) is 27.5 Å². The van der Waals surface area contributed by atoms with Crippen LogP contribution in [0.25, 0.3) is 10.9 Å². The highest BCUT2D eigenvalue weighted by Crippen LogP contribution is 2.29. The number of hydrogen-bond acceptors (Lipinski definition) is 8. The van der Waals surface area contributed by atoms with Crippen molar-refractivity contribution in [2.24, 2.45) is 0 Å². The number of piperazine rings is 1. The summed E-state index contributed by atoms with van der Waals surface area (Å²) in [6.07, 6.45) is 0.841. The predicted molar refractivity (Wildman–Crippen MR) is 150 cm³/mol. The van der Waals surface area contributed by atoms with Gasteiger partial charge in [0.1, 0.15) is 11.1 Å². The molecule has 0 aliphatic carbocycles. The molecule has 4 heterocycles. The molecule has 1 aromatic carbocycles. The van der Waals surface area contributed by atoms with Crippen LogP contribution in [0.3, 0.4) is 0 Å². The van der Waals surface area contributed by atoms with E-state index in [1.807, 2.05) is 13.1 Å². The number of benzene rings is 1. The van der Waals surface area contributed by atoms with E-state index in [0.717, 1.165) is 23.5 Å². The quantitative estimate of drug-likeness (QED) is 0.407. The lowest BCUT2D eigenvalue weighted by Gasteiger charge is -2.39. The second-order valence-corrected chi connectivity index (χ2v) is 12.7. The molecule has 2 N–H and O–H groups in total. The summed E-state index contributed by atoms with van der Waals surface area (Å²) in [6.45, 7) is 1.47. The molecule has 2 amide bonds. The Morgan fingerprint density at radius 3 is 2.85 bits per heavy atom. The molecule has 0 bridgehead atoms. The largest absolute Gasteiger partial charge is 0.353 e. The molecule has 0 spiro atoms. The van der Waals surface area contributed by atoms with Crippen molar-refractivity contribution < 1.29 is 18.0 Å². The van der Waals surface area contributed by atoms with Crippen LogP contribution in [0.15, 0.2) is 29.3 Å². The van der Waals surface area contributed by atoms with E-state index in [2.05, 4.69) is 20.2 Å². The number of H-pyrrole nitrogens is 1. The van der Waals surface area contributed by atoms with E-state index >= 15 is 0 Å². The summed E-state index contributed by atoms with van der Waals surface area (Å²) in [5, 5.41) is 12.9. The number of nitrogens with one attached hydrogen (secondary N) is 2. The fourth-order valence-electron chi connectivity index (χ4n) is 4.70. The van der Waals surface area contributed by atoms with E-state index in [4.69, 9.17) is 16.9 Å². The molecule has 0 radical (unpaired) electrons. The number of sulfonamides is 1. The minimum Gasteiger partial charge on any atom is -0.353 e. The molecule has 1 atom stereocenters. The van der Waals surface area contributed by atoms with Crippen LogP contribution in [-0.2, 0) is 27.8 Å². The molecule has 1 saturated heterocycles. The van der Waals surface area contributed by atoms with Crippen molar-refractivity contribution in [1.82, 2.24) is 29.4 Å². The van der Waals surface area contributed by atoms with Gasteiger partial charge in [0.2, 0.25) is 5.91 Å². The Kier molecular flexibility index (Phi) is 8.85. The molecule has 11 nitrogen and oxygen atoms in total. The van der Waals surface area contributed by atoms with Crippen LogP contribution >= 0.6 is 35.3 Å². The maximum Gasteiger partial charge on any atom is 0.283 e. The maximum absolute atomic E-state index is 13.6. The zero-order valence-electron chi connectivity index (χ0n) is 21.0. The molecule has 208 valence electrons. The summed E-state index contributed by atoms with van der Waals surface area (Å²) in [4.78, 5) is 38.8. The number of nitriles is 1. The van der Waals surface area contributed by atoms with Crippen LogP contribution in [0.5, 0.6) is 0 Å². The van der Waals surface area contributed by atoms with Crippen molar-refractivity contribution in [2.75, 3.05) is 39.8 Å². The first kappa shape index (κ1) is 29.3. The molecule has 1 fully saturated rings. The van der Waals surface area contributed by atoms with E-state index in [1.54, 1.807) is 18.2 Å². The molecular weight excluding hydrogens is 585 g/mol. The van der Waals surface area contributed by atoms with Crippen LogP contribution < -0.4 is 5.32 Å². The predicted octanol–water partition coefficient (Wildman–Crippen LogP) is 2.23. The number of fused-ring (bicyclic) bond motifs is 2. The number of rotatable bonds is 6. The summed E-state index contributed by atoms with van der Waals surface area (Å²) in [5.41, 5.74) is 1.51. The molecule has 1 unspecified atom stereocenters. The van der Waals surface area contributed by atoms with Crippen LogP contribution in [0.2, 0.25) is 5.02 Å². The molecule has 2 aliphatic rings. The van der Waals surface area contributed by atoms with Crippen molar-refractivity contribution >= 4 is 68.1 Å². The zero-order chi connectivity index (χ0) is 27.0. The number of halogens is 2. The Bertz CT molecular complexity index is 1550. The van der Waals surface area contributed by atoms with Gasteiger partial charge >= 0.3 is 0 Å². The summed E-state index contributed by atoms with van der Waals surface area (Å²) < 4.78 is 28.3. The Morgan fingerprint density at radius 1 is 1.28 bits per heavy atom. The van der Waals surface area contributed by atoms with Crippen molar-refractivity contribution in [3.05, 3.63) is 44.9 Å². The molecular formula is C24H27Cl2N7O4S2. The van der Waals surface area contributed by atoms with Crippen LogP contribution in [-0.4, -0.2) is 90.1 Å². The van der Waals surface area contributed by atoms with Gasteiger partial charge in [-0.1, -0.05) is 11.6 Å². The highest BCUT2D eigenvalue weighted by molar-refractivity contribution is 7.89. The molecule has 3 aromatic rings. The number of aromatic amines is 1. The Morgan fingerprint density at radius 2 is 2.08 bits per heavy atom. The van der Waals surface area contributed by atoms with Gasteiger partial charge in [-0.2, -0.15) is 9.57 Å². The van der Waals surface area contributed by atoms with Crippen LogP contribution in [0.4, 0.5) is 0 Å². The minimum atomic E-state index is -4.00. The standard InChI is InChI=1S/C24H26ClN7O4S2.ClH/c1-30-8-5-18-20(14-30)37-23(29-18)24(34)32-10-9-31(13-19(32)22(33)27-7-2-6-26)38(35,36)21-12-15-11-16(25)3-4-17(15)28-21;/h3-4,11-12,19,28H,2,5,7-10,13-14H2,1H3,(H,27,33);1H. The smallest absolute Gasteiger partial charge is 0.283 e. The molecule has 5 rings (SSSR count). The number of aromatic nitrogens is 2. The highest BCUT2D eigenvalue weighted by atomic mass is 35.5. The summed E-state index contributed by atoms with van der Waals surface area (Å²) in [6, 6.07) is 7.42. The normalized spacial score (nSPS) is 18.3. The SMILES string of the molecule is CN1CCc2nc(C(=O)N3CCN(S(=O)(=O)c4cc5cc(Cl)ccc5[nH]4)CC3C(=O)NCCC#N)sc2C1.Cl. The van der Waals surface area contributed by atoms with Gasteiger partial charge in [0.25, 0.3) is 15.9 Å². The van der Waals surface area contributed by atoms with Crippen molar-refractivity contribution in [2.45, 2.75) is 30.5 Å². The third kappa shape index (κ3) is 5.91. The number of likely N-dealkylation sites (N-methyl/N-ethyl adjacent to an activating group) is 1. The monoisotopic (exact) mass is 611 g/mol. The summed E-state index contributed by atoms with van der Waals surface area (Å²) >= 11 is 7.37. The van der Waals surface area contributed by atoms with Gasteiger partial charge < -0.3 is 20.1 Å². The Balaban J connectivity index is 0.00000353. The van der Waals surface area contributed by atoms with Crippen LogP contribution in [0, 0.1) is 11.3 Å². The average molecular weight is 613 g/mol. The molecule has 15 heteroatoms. The van der Waals surface area contributed by atoms with E-state index in [1.165, 1.54) is 26.6 Å². The number of carbonyl (C=O) groups excluding carboxylic acids is 2. The van der Waals surface area contributed by atoms with Crippen molar-refractivity contribution in [3.8, 4) is 6.07 Å². The van der Waals surface area contributed by atoms with E-state index in [-0.39, 0.29) is 50.0 Å². The molecule has 0 saturated carbocycles. The number of carbonyl (C=O) groups is 2. The lowest BCUT2D eigenvalue weighted by molar-refractivity contribution is -0.126. The number of amides is 2. The fourth-order valence-corrected chi connectivity index (χ4v) is 7.47. The zero-order valence-corrected chi connectivity index (χ0v) is 24.2. The van der Waals surface area contributed by atoms with Gasteiger partial charge in [0.05, 0.1) is 18.2 Å². The van der Waals surface area contributed by atoms with Gasteiger partial charge in [0, 0.05) is 66.5 Å². The van der Waals surface area contributed by atoms with Gasteiger partial charge in [-0.25, -0.2) is 13.4 Å². The topological polar surface area (TPSA) is 142 Å². The first-order valence-corrected chi connectivity index (χ1v) is 14.7. The van der Waals surface area contributed by atoms with Crippen molar-refractivity contribution in [1.29, 1.82) is 5.26 Å². The van der Waals surface area contributed by atoms with E-state index < -0.39 is 27.9 Å². The Labute approximate surface area is 241 Å². The van der Waals surface area contributed by atoms with Gasteiger partial charge in [-0.3, -0.25) is 9.59 Å². The molecule has 39 heavy (non-hydrogen) atoms. The average Bonchev–Trinajstić information content (AvgIpc) is 3.52. The lowest BCUT2D eigenvalue weighted by Crippen LogP contribution is -2.61. The van der Waals surface area contributed by atoms with Gasteiger partial charge in [-0.05, 0) is 31.3 Å². The maximum atomic E-state index is 13.6. The van der Waals surface area contributed by atoms with Gasteiger partial charge in [-0.15, -0.1) is 23.7 Å². The Hall–Kier alpha value is -2.73. The third-order valence-electron chi connectivity index (χ3n) is 6.72. The summed E-state index contributed by atoms with van der Waals surface area (Å²) in [5.74, 6) is -0.914. The number of nitrogens with zero attached hydrogens (tertiary/aromatic N) is 5. The number of thiazole rings is 1. The second-order valence-electron chi connectivity index (χ2n) is 9.32. The summed E-state index contributed by atoms with van der Waals surface area (Å²) in [7, 11) is -2.00. The third-order valence-corrected chi connectivity index (χ3v) is 9.82. The lowest BCUT2D eigenvalue weighted by atomic mass is 10.1. The highest BCUT2D eigenvalue weighted by Gasteiger charge is 2.41. The minimum absolute atomic E-state index is 0. The number of hydrogen-bond donors (Lipinski definition) is 2. The first-order valence-electron chi connectivity index (χ1n) is 12.1. The first-order chi connectivity index (χ1) is 18.2. The van der Waals surface area contributed by atoms with Crippen molar-refractivity contribution in [3.63, 3.8) is 0 Å². The van der Waals surface area contributed by atoms with Gasteiger partial charge in [0.15, 0.2) is 5.01 Å². The molecule has 2 aromatic heterocycles. The van der Waals surface area contributed by atoms with E-state index in [9.17, 15) is 18.0 Å². The fraction of sp³-hybridized carbons (Fsp3) is 0.417. The molecule has 2 aliphatic heterocycles. The second kappa shape index (κ2) is 11.8. The van der Waals surface area contributed by atoms with Crippen LogP contribution in [0.1, 0.15) is 26.8 Å².